The van der Waals surface area contributed by atoms with E-state index in [0.29, 0.717) is 5.56 Å². The van der Waals surface area contributed by atoms with E-state index in [9.17, 15) is 4.79 Å². The molecule has 1 aromatic heterocycles. The normalized spacial score (nSPS) is 17.4. The Hall–Kier alpha value is -1.85. The van der Waals surface area contributed by atoms with Gasteiger partial charge in [0.2, 0.25) is 0 Å². The third kappa shape index (κ3) is 2.55. The van der Waals surface area contributed by atoms with Crippen molar-refractivity contribution < 1.29 is 4.79 Å². The van der Waals surface area contributed by atoms with Crippen LogP contribution in [0.3, 0.4) is 0 Å². The molecule has 0 aliphatic heterocycles. The Kier molecular flexibility index (Phi) is 3.71. The van der Waals surface area contributed by atoms with Gasteiger partial charge in [0.1, 0.15) is 0 Å². The molecule has 0 saturated carbocycles. The lowest BCUT2D eigenvalue weighted by molar-refractivity contribution is 0.0933. The van der Waals surface area contributed by atoms with Gasteiger partial charge in [-0.25, -0.2) is 0 Å². The summed E-state index contributed by atoms with van der Waals surface area (Å²) in [5, 5.41) is 5.24. The Morgan fingerprint density at radius 2 is 2.05 bits per heavy atom. The van der Waals surface area contributed by atoms with Crippen LogP contribution in [0, 0.1) is 0 Å². The van der Waals surface area contributed by atoms with Gasteiger partial charge in [0, 0.05) is 16.1 Å². The molecular weight excluding hydrogens is 270 g/mol. The molecule has 5 heteroatoms. The van der Waals surface area contributed by atoms with Crippen molar-refractivity contribution in [2.75, 3.05) is 5.43 Å². The standard InChI is InChI=1S/C15H17N3OS/c16-18-11-6-4-10(5-7-11)15(19)17-13-2-1-3-14-12(13)8-9-20-14/h4-9,13,18H,1-3,16H2,(H,17,19). The maximum Gasteiger partial charge on any atom is 0.251 e. The van der Waals surface area contributed by atoms with Crippen LogP contribution in [0.25, 0.3) is 0 Å². The van der Waals surface area contributed by atoms with E-state index < -0.39 is 0 Å². The van der Waals surface area contributed by atoms with Gasteiger partial charge >= 0.3 is 0 Å². The number of hydrogen-bond acceptors (Lipinski definition) is 4. The van der Waals surface area contributed by atoms with Crippen LogP contribution in [0.15, 0.2) is 35.7 Å². The van der Waals surface area contributed by atoms with Crippen molar-refractivity contribution in [3.05, 3.63) is 51.7 Å². The van der Waals surface area contributed by atoms with Gasteiger partial charge in [-0.1, -0.05) is 0 Å². The van der Waals surface area contributed by atoms with Crippen molar-refractivity contribution in [1.82, 2.24) is 5.32 Å². The average molecular weight is 287 g/mol. The summed E-state index contributed by atoms with van der Waals surface area (Å²) in [4.78, 5) is 13.7. The third-order valence-electron chi connectivity index (χ3n) is 3.67. The lowest BCUT2D eigenvalue weighted by Crippen LogP contribution is -2.30. The summed E-state index contributed by atoms with van der Waals surface area (Å²) in [6, 6.07) is 9.43. The van der Waals surface area contributed by atoms with E-state index in [1.807, 2.05) is 0 Å². The van der Waals surface area contributed by atoms with E-state index in [1.54, 1.807) is 35.6 Å². The Bertz CT molecular complexity index is 606. The topological polar surface area (TPSA) is 67.1 Å². The minimum Gasteiger partial charge on any atom is -0.345 e. The van der Waals surface area contributed by atoms with Gasteiger partial charge in [0.05, 0.1) is 6.04 Å². The summed E-state index contributed by atoms with van der Waals surface area (Å²) in [6.45, 7) is 0. The summed E-state index contributed by atoms with van der Waals surface area (Å²) in [7, 11) is 0. The van der Waals surface area contributed by atoms with Crippen LogP contribution in [-0.4, -0.2) is 5.91 Å². The Morgan fingerprint density at radius 3 is 2.80 bits per heavy atom. The average Bonchev–Trinajstić information content (AvgIpc) is 2.97. The van der Waals surface area contributed by atoms with E-state index in [2.05, 4.69) is 22.2 Å². The second-order valence-electron chi connectivity index (χ2n) is 4.94. The molecular formula is C15H17N3OS. The first-order chi connectivity index (χ1) is 9.78. The number of benzene rings is 1. The number of hydrazine groups is 1. The molecule has 1 aliphatic carbocycles. The minimum absolute atomic E-state index is 0.0300. The Morgan fingerprint density at radius 1 is 1.25 bits per heavy atom. The van der Waals surface area contributed by atoms with Crippen LogP contribution in [0.5, 0.6) is 0 Å². The highest BCUT2D eigenvalue weighted by Gasteiger charge is 2.22. The molecule has 20 heavy (non-hydrogen) atoms. The fourth-order valence-corrected chi connectivity index (χ4v) is 3.58. The zero-order valence-electron chi connectivity index (χ0n) is 11.1. The molecule has 0 spiro atoms. The number of rotatable bonds is 3. The van der Waals surface area contributed by atoms with Gasteiger partial charge < -0.3 is 10.7 Å². The predicted octanol–water partition coefficient (Wildman–Crippen LogP) is 2.84. The fraction of sp³-hybridized carbons (Fsp3) is 0.267. The molecule has 1 heterocycles. The van der Waals surface area contributed by atoms with Crippen molar-refractivity contribution in [1.29, 1.82) is 0 Å². The quantitative estimate of drug-likeness (QED) is 0.600. The molecule has 1 amide bonds. The number of nitrogen functional groups attached to an aromatic ring is 1. The summed E-state index contributed by atoms with van der Waals surface area (Å²) >= 11 is 1.78. The van der Waals surface area contributed by atoms with E-state index in [1.165, 1.54) is 10.4 Å². The first-order valence-electron chi connectivity index (χ1n) is 6.72. The maximum absolute atomic E-state index is 12.3. The Labute approximate surface area is 122 Å². The molecule has 4 nitrogen and oxygen atoms in total. The summed E-state index contributed by atoms with van der Waals surface area (Å²) in [5.74, 6) is 5.29. The lowest BCUT2D eigenvalue weighted by Gasteiger charge is -2.23. The van der Waals surface area contributed by atoms with Crippen molar-refractivity contribution >= 4 is 22.9 Å². The van der Waals surface area contributed by atoms with E-state index in [0.717, 1.165) is 24.9 Å². The van der Waals surface area contributed by atoms with Crippen molar-refractivity contribution in [2.24, 2.45) is 5.84 Å². The first kappa shape index (κ1) is 13.1. The number of aryl methyl sites for hydroxylation is 1. The van der Waals surface area contributed by atoms with Crippen LogP contribution < -0.4 is 16.6 Å². The number of amides is 1. The number of nitrogens with one attached hydrogen (secondary N) is 2. The largest absolute Gasteiger partial charge is 0.345 e. The zero-order valence-corrected chi connectivity index (χ0v) is 11.9. The lowest BCUT2D eigenvalue weighted by atomic mass is 9.94. The van der Waals surface area contributed by atoms with E-state index >= 15 is 0 Å². The number of fused-ring (bicyclic) bond motifs is 1. The van der Waals surface area contributed by atoms with Gasteiger partial charge in [-0.15, -0.1) is 11.3 Å². The highest BCUT2D eigenvalue weighted by atomic mass is 32.1. The molecule has 0 saturated heterocycles. The molecule has 1 unspecified atom stereocenters. The summed E-state index contributed by atoms with van der Waals surface area (Å²) in [6.07, 6.45) is 3.28. The maximum atomic E-state index is 12.3. The van der Waals surface area contributed by atoms with Gasteiger partial charge in [0.15, 0.2) is 0 Å². The molecule has 4 N–H and O–H groups in total. The summed E-state index contributed by atoms with van der Waals surface area (Å²) in [5.41, 5.74) is 5.29. The van der Waals surface area contributed by atoms with Gasteiger partial charge in [-0.05, 0) is 60.5 Å². The molecule has 2 aromatic rings. The SMILES string of the molecule is NNc1ccc(C(=O)NC2CCCc3sccc32)cc1. The van der Waals surface area contributed by atoms with Crippen LogP contribution in [0.2, 0.25) is 0 Å². The number of hydrogen-bond donors (Lipinski definition) is 3. The highest BCUT2D eigenvalue weighted by molar-refractivity contribution is 7.10. The van der Waals surface area contributed by atoms with E-state index in [-0.39, 0.29) is 11.9 Å². The van der Waals surface area contributed by atoms with Crippen LogP contribution >= 0.6 is 11.3 Å². The monoisotopic (exact) mass is 287 g/mol. The fourth-order valence-electron chi connectivity index (χ4n) is 2.60. The number of anilines is 1. The third-order valence-corrected chi connectivity index (χ3v) is 4.67. The molecule has 3 rings (SSSR count). The number of thiophene rings is 1. The van der Waals surface area contributed by atoms with Crippen LogP contribution in [0.1, 0.15) is 39.7 Å². The van der Waals surface area contributed by atoms with Crippen molar-refractivity contribution in [3.8, 4) is 0 Å². The van der Waals surface area contributed by atoms with Crippen LogP contribution in [-0.2, 0) is 6.42 Å². The van der Waals surface area contributed by atoms with Crippen molar-refractivity contribution in [3.63, 3.8) is 0 Å². The highest BCUT2D eigenvalue weighted by Crippen LogP contribution is 2.33. The van der Waals surface area contributed by atoms with Gasteiger partial charge in [0.25, 0.3) is 5.91 Å². The smallest absolute Gasteiger partial charge is 0.251 e. The van der Waals surface area contributed by atoms with Crippen LogP contribution in [0.4, 0.5) is 5.69 Å². The van der Waals surface area contributed by atoms with E-state index in [4.69, 9.17) is 5.84 Å². The molecule has 1 aliphatic rings. The molecule has 1 aromatic carbocycles. The number of carbonyl (C=O) groups is 1. The van der Waals surface area contributed by atoms with Gasteiger partial charge in [-0.3, -0.25) is 10.6 Å². The van der Waals surface area contributed by atoms with Crippen molar-refractivity contribution in [2.45, 2.75) is 25.3 Å². The molecule has 0 fully saturated rings. The minimum atomic E-state index is -0.0300. The van der Waals surface area contributed by atoms with Gasteiger partial charge in [-0.2, -0.15) is 0 Å². The Balaban J connectivity index is 1.73. The number of nitrogens with two attached hydrogens (primary N) is 1. The molecule has 0 radical (unpaired) electrons. The number of carbonyl (C=O) groups excluding carboxylic acids is 1. The zero-order chi connectivity index (χ0) is 13.9. The molecule has 1 atom stereocenters. The second-order valence-corrected chi connectivity index (χ2v) is 5.94. The molecule has 104 valence electrons. The first-order valence-corrected chi connectivity index (χ1v) is 7.59. The molecule has 0 bridgehead atoms. The predicted molar refractivity (Wildman–Crippen MR) is 81.7 cm³/mol. The summed E-state index contributed by atoms with van der Waals surface area (Å²) < 4.78 is 0. The second kappa shape index (κ2) is 5.64.